The molecule has 0 radical (unpaired) electrons. The molecule has 0 aliphatic rings. The Hall–Kier alpha value is -0.300. The molecular weight excluding hydrogens is 254 g/mol. The smallest absolute Gasteiger partial charge is 0.0192 e. The zero-order valence-corrected chi connectivity index (χ0v) is 15.4. The van der Waals surface area contributed by atoms with E-state index < -0.39 is 0 Å². The predicted octanol–water partition coefficient (Wildman–Crippen LogP) is 6.59. The van der Waals surface area contributed by atoms with Gasteiger partial charge in [-0.1, -0.05) is 71.4 Å². The van der Waals surface area contributed by atoms with Crippen molar-refractivity contribution in [2.45, 2.75) is 98.3 Å². The zero-order valence-electron chi connectivity index (χ0n) is 15.4. The van der Waals surface area contributed by atoms with E-state index in [-0.39, 0.29) is 0 Å². The van der Waals surface area contributed by atoms with Crippen LogP contribution in [0.1, 0.15) is 98.3 Å². The molecule has 0 bridgehead atoms. The molecule has 0 fully saturated rings. The lowest BCUT2D eigenvalue weighted by atomic mass is 10.0. The average Bonchev–Trinajstić information content (AvgIpc) is 2.51. The van der Waals surface area contributed by atoms with Crippen LogP contribution in [0.4, 0.5) is 0 Å². The summed E-state index contributed by atoms with van der Waals surface area (Å²) in [5, 5.41) is 0. The summed E-state index contributed by atoms with van der Waals surface area (Å²) in [6.45, 7) is 13.0. The molecule has 0 rings (SSSR count). The predicted molar refractivity (Wildman–Crippen MR) is 98.0 cm³/mol. The molecule has 0 N–H and O–H groups in total. The first-order valence-corrected chi connectivity index (χ1v) is 9.68. The van der Waals surface area contributed by atoms with Gasteiger partial charge in [-0.05, 0) is 51.6 Å². The second-order valence-electron chi connectivity index (χ2n) is 6.44. The van der Waals surface area contributed by atoms with Crippen molar-refractivity contribution in [3.63, 3.8) is 0 Å². The van der Waals surface area contributed by atoms with Gasteiger partial charge in [-0.15, -0.1) is 0 Å². The molecule has 0 saturated heterocycles. The summed E-state index contributed by atoms with van der Waals surface area (Å²) in [6.07, 6.45) is 17.3. The van der Waals surface area contributed by atoms with Crippen molar-refractivity contribution in [2.24, 2.45) is 0 Å². The van der Waals surface area contributed by atoms with Crippen molar-refractivity contribution in [3.05, 3.63) is 11.6 Å². The van der Waals surface area contributed by atoms with Crippen molar-refractivity contribution in [3.8, 4) is 0 Å². The molecule has 0 aromatic carbocycles. The third-order valence-electron chi connectivity index (χ3n) is 4.17. The Morgan fingerprint density at radius 1 is 0.714 bits per heavy atom. The van der Waals surface area contributed by atoms with E-state index >= 15 is 0 Å². The number of unbranched alkanes of at least 4 members (excludes halogenated alkanes) is 6. The highest BCUT2D eigenvalue weighted by atomic mass is 15.1. The minimum Gasteiger partial charge on any atom is -0.299 e. The van der Waals surface area contributed by atoms with Crippen LogP contribution in [0.2, 0.25) is 0 Å². The fourth-order valence-electron chi connectivity index (χ4n) is 2.67. The van der Waals surface area contributed by atoms with Gasteiger partial charge in [0.05, 0.1) is 0 Å². The van der Waals surface area contributed by atoms with Gasteiger partial charge in [-0.2, -0.15) is 0 Å². The fourth-order valence-corrected chi connectivity index (χ4v) is 2.67. The summed E-state index contributed by atoms with van der Waals surface area (Å²) in [5.74, 6) is 0. The van der Waals surface area contributed by atoms with Gasteiger partial charge in [-0.3, -0.25) is 4.90 Å². The van der Waals surface area contributed by atoms with Crippen molar-refractivity contribution < 1.29 is 0 Å². The molecule has 0 unspecified atom stereocenters. The minimum absolute atomic E-state index is 1.23. The van der Waals surface area contributed by atoms with E-state index in [1.807, 2.05) is 0 Å². The van der Waals surface area contributed by atoms with E-state index in [1.54, 1.807) is 5.57 Å². The maximum absolute atomic E-state index is 2.70. The maximum atomic E-state index is 2.70. The summed E-state index contributed by atoms with van der Waals surface area (Å²) in [5.41, 5.74) is 1.71. The van der Waals surface area contributed by atoms with Crippen molar-refractivity contribution in [2.75, 3.05) is 19.6 Å². The standard InChI is InChI=1S/C20H41N/c1-5-9-13-14-16-20(15-10-6-2)19-21(17-11-7-3)18-12-8-4/h16H,5-15,17-19H2,1-4H3. The van der Waals surface area contributed by atoms with Crippen LogP contribution in [0, 0.1) is 0 Å². The average molecular weight is 296 g/mol. The number of nitrogens with zero attached hydrogens (tertiary/aromatic N) is 1. The Bertz CT molecular complexity index is 224. The van der Waals surface area contributed by atoms with E-state index in [9.17, 15) is 0 Å². The highest BCUT2D eigenvalue weighted by Crippen LogP contribution is 2.14. The summed E-state index contributed by atoms with van der Waals surface area (Å²) < 4.78 is 0. The van der Waals surface area contributed by atoms with Crippen LogP contribution < -0.4 is 0 Å². The zero-order chi connectivity index (χ0) is 15.8. The van der Waals surface area contributed by atoms with Crippen LogP contribution in [0.15, 0.2) is 11.6 Å². The molecule has 0 aromatic rings. The Labute approximate surface area is 135 Å². The first kappa shape index (κ1) is 20.7. The van der Waals surface area contributed by atoms with E-state index in [4.69, 9.17) is 0 Å². The highest BCUT2D eigenvalue weighted by Gasteiger charge is 2.07. The quantitative estimate of drug-likeness (QED) is 0.243. The highest BCUT2D eigenvalue weighted by molar-refractivity contribution is 5.04. The normalized spacial score (nSPS) is 12.3. The number of rotatable bonds is 15. The lowest BCUT2D eigenvalue weighted by Gasteiger charge is -2.24. The van der Waals surface area contributed by atoms with Gasteiger partial charge in [0.15, 0.2) is 0 Å². The summed E-state index contributed by atoms with van der Waals surface area (Å²) >= 11 is 0. The Morgan fingerprint density at radius 2 is 1.29 bits per heavy atom. The van der Waals surface area contributed by atoms with Crippen LogP contribution >= 0.6 is 0 Å². The van der Waals surface area contributed by atoms with Crippen molar-refractivity contribution in [1.29, 1.82) is 0 Å². The minimum atomic E-state index is 1.23. The van der Waals surface area contributed by atoms with Gasteiger partial charge < -0.3 is 0 Å². The van der Waals surface area contributed by atoms with Crippen LogP contribution in [0.25, 0.3) is 0 Å². The monoisotopic (exact) mass is 295 g/mol. The molecule has 1 heteroatoms. The van der Waals surface area contributed by atoms with Crippen molar-refractivity contribution in [1.82, 2.24) is 4.90 Å². The Kier molecular flexibility index (Phi) is 15.8. The number of hydrogen-bond acceptors (Lipinski definition) is 1. The van der Waals surface area contributed by atoms with Gasteiger partial charge >= 0.3 is 0 Å². The van der Waals surface area contributed by atoms with E-state index in [1.165, 1.54) is 90.3 Å². The maximum Gasteiger partial charge on any atom is 0.0192 e. The molecule has 0 amide bonds. The van der Waals surface area contributed by atoms with Crippen LogP contribution in [0.5, 0.6) is 0 Å². The van der Waals surface area contributed by atoms with Gasteiger partial charge in [0, 0.05) is 6.54 Å². The van der Waals surface area contributed by atoms with E-state index in [2.05, 4.69) is 38.7 Å². The Morgan fingerprint density at radius 3 is 1.81 bits per heavy atom. The molecule has 1 nitrogen and oxygen atoms in total. The molecular formula is C20H41N. The molecule has 0 aromatic heterocycles. The number of hydrogen-bond donors (Lipinski definition) is 0. The number of allylic oxidation sites excluding steroid dienone is 1. The second kappa shape index (κ2) is 16.1. The molecule has 126 valence electrons. The van der Waals surface area contributed by atoms with Crippen LogP contribution in [-0.2, 0) is 0 Å². The first-order chi connectivity index (χ1) is 10.3. The molecule has 0 heterocycles. The summed E-state index contributed by atoms with van der Waals surface area (Å²) in [4.78, 5) is 2.70. The molecule has 0 aliphatic carbocycles. The topological polar surface area (TPSA) is 3.24 Å². The molecule has 21 heavy (non-hydrogen) atoms. The van der Waals surface area contributed by atoms with Gasteiger partial charge in [0.2, 0.25) is 0 Å². The lowest BCUT2D eigenvalue weighted by Crippen LogP contribution is -2.28. The van der Waals surface area contributed by atoms with Crippen LogP contribution in [-0.4, -0.2) is 24.5 Å². The van der Waals surface area contributed by atoms with Crippen molar-refractivity contribution >= 4 is 0 Å². The summed E-state index contributed by atoms with van der Waals surface area (Å²) in [7, 11) is 0. The fraction of sp³-hybridized carbons (Fsp3) is 0.900. The molecule has 0 saturated carbocycles. The Balaban J connectivity index is 4.38. The first-order valence-electron chi connectivity index (χ1n) is 9.68. The van der Waals surface area contributed by atoms with Gasteiger partial charge in [-0.25, -0.2) is 0 Å². The second-order valence-corrected chi connectivity index (χ2v) is 6.44. The largest absolute Gasteiger partial charge is 0.299 e. The third-order valence-corrected chi connectivity index (χ3v) is 4.17. The molecule has 0 atom stereocenters. The van der Waals surface area contributed by atoms with Crippen LogP contribution in [0.3, 0.4) is 0 Å². The van der Waals surface area contributed by atoms with E-state index in [0.717, 1.165) is 0 Å². The molecule has 0 aliphatic heterocycles. The third kappa shape index (κ3) is 13.1. The lowest BCUT2D eigenvalue weighted by molar-refractivity contribution is 0.283. The summed E-state index contributed by atoms with van der Waals surface area (Å²) in [6, 6.07) is 0. The SMILES string of the molecule is CCCCCC=C(CCCC)CN(CCCC)CCCC. The molecule has 0 spiro atoms. The van der Waals surface area contributed by atoms with E-state index in [0.29, 0.717) is 0 Å². The van der Waals surface area contributed by atoms with Gasteiger partial charge in [0.25, 0.3) is 0 Å². The van der Waals surface area contributed by atoms with Gasteiger partial charge in [0.1, 0.15) is 0 Å².